The van der Waals surface area contributed by atoms with Crippen LogP contribution in [-0.2, 0) is 9.68 Å². The summed E-state index contributed by atoms with van der Waals surface area (Å²) >= 11 is 0. The van der Waals surface area contributed by atoms with E-state index < -0.39 is 5.72 Å². The van der Waals surface area contributed by atoms with E-state index in [0.717, 1.165) is 6.42 Å². The second-order valence-corrected chi connectivity index (χ2v) is 2.24. The highest BCUT2D eigenvalue weighted by Crippen LogP contribution is 2.06. The zero-order valence-corrected chi connectivity index (χ0v) is 6.81. The average Bonchev–Trinajstić information content (AvgIpc) is 2.00. The topological polar surface area (TPSA) is 56.5 Å². The van der Waals surface area contributed by atoms with Crippen LogP contribution in [0.5, 0.6) is 0 Å². The van der Waals surface area contributed by atoms with Gasteiger partial charge in [0.25, 0.3) is 0 Å². The quantitative estimate of drug-likeness (QED) is 0.441. The van der Waals surface area contributed by atoms with Crippen molar-refractivity contribution in [3.63, 3.8) is 0 Å². The summed E-state index contributed by atoms with van der Waals surface area (Å²) in [5.74, 6) is 5.02. The summed E-state index contributed by atoms with van der Waals surface area (Å²) in [6.45, 7) is 6.26. The molecule has 0 aliphatic rings. The molecule has 62 valence electrons. The molecule has 0 radical (unpaired) electrons. The Kier molecular flexibility index (Phi) is 4.55. The number of nitrogens with one attached hydrogen (secondary N) is 1. The summed E-state index contributed by atoms with van der Waals surface area (Å²) in [7, 11) is 0. The molecule has 0 fully saturated rings. The third-order valence-corrected chi connectivity index (χ3v) is 1.37. The van der Waals surface area contributed by atoms with E-state index in [0.29, 0.717) is 6.61 Å². The molecule has 0 rings (SSSR count). The number of nitrogens with two attached hydrogens (primary N) is 1. The minimum atomic E-state index is -0.560. The predicted molar refractivity (Wildman–Crippen MR) is 38.7 cm³/mol. The Balaban J connectivity index is 3.58. The van der Waals surface area contributed by atoms with Gasteiger partial charge in [-0.15, -0.1) is 0 Å². The van der Waals surface area contributed by atoms with Gasteiger partial charge in [-0.25, -0.2) is 5.90 Å². The van der Waals surface area contributed by atoms with Crippen LogP contribution in [0.15, 0.2) is 0 Å². The molecule has 0 saturated heterocycles. The Labute approximate surface area is 61.6 Å². The Morgan fingerprint density at radius 1 is 1.50 bits per heavy atom. The summed E-state index contributed by atoms with van der Waals surface area (Å²) in [6, 6.07) is 0. The molecule has 4 heteroatoms. The average molecular weight is 148 g/mol. The van der Waals surface area contributed by atoms with Crippen LogP contribution in [0.1, 0.15) is 27.2 Å². The molecule has 0 aromatic heterocycles. The second-order valence-electron chi connectivity index (χ2n) is 2.24. The molecule has 3 N–H and O–H groups in total. The van der Waals surface area contributed by atoms with Crippen LogP contribution < -0.4 is 11.4 Å². The van der Waals surface area contributed by atoms with Crippen LogP contribution in [0.3, 0.4) is 0 Å². The summed E-state index contributed by atoms with van der Waals surface area (Å²) in [4.78, 5) is 9.58. The molecule has 0 aromatic carbocycles. The van der Waals surface area contributed by atoms with Gasteiger partial charge in [0.2, 0.25) is 0 Å². The van der Waals surface area contributed by atoms with Crippen molar-refractivity contribution < 1.29 is 9.68 Å². The molecule has 0 spiro atoms. The van der Waals surface area contributed by atoms with Crippen molar-refractivity contribution >= 4 is 0 Å². The normalized spacial score (nSPS) is 16.8. The van der Waals surface area contributed by atoms with Gasteiger partial charge in [-0.05, 0) is 20.3 Å². The molecule has 0 unspecified atom stereocenters. The molecule has 0 bridgehead atoms. The zero-order chi connectivity index (χ0) is 8.04. The van der Waals surface area contributed by atoms with Gasteiger partial charge in [0.05, 0.1) is 6.61 Å². The molecule has 0 aliphatic heterocycles. The van der Waals surface area contributed by atoms with Gasteiger partial charge in [-0.2, -0.15) is 5.48 Å². The van der Waals surface area contributed by atoms with Gasteiger partial charge in [0.1, 0.15) is 0 Å². The van der Waals surface area contributed by atoms with Crippen LogP contribution >= 0.6 is 0 Å². The van der Waals surface area contributed by atoms with E-state index in [1.807, 2.05) is 20.8 Å². The van der Waals surface area contributed by atoms with Crippen LogP contribution in [0.2, 0.25) is 0 Å². The predicted octanol–water partition coefficient (Wildman–Crippen LogP) is 0.544. The lowest BCUT2D eigenvalue weighted by Crippen LogP contribution is -2.46. The highest BCUT2D eigenvalue weighted by molar-refractivity contribution is 4.62. The molecule has 0 amide bonds. The van der Waals surface area contributed by atoms with Crippen LogP contribution in [0, 0.1) is 0 Å². The first-order valence-corrected chi connectivity index (χ1v) is 3.45. The van der Waals surface area contributed by atoms with Gasteiger partial charge in [-0.3, -0.25) is 9.68 Å². The van der Waals surface area contributed by atoms with Crippen molar-refractivity contribution in [3.05, 3.63) is 0 Å². The standard InChI is InChI=1S/C6H16N2O2/c1-4-6(3,10-7)8-9-5-2/h8H,4-5,7H2,1-3H3/t6-/m0/s1. The van der Waals surface area contributed by atoms with Crippen molar-refractivity contribution in [1.29, 1.82) is 0 Å². The van der Waals surface area contributed by atoms with Crippen molar-refractivity contribution in [2.24, 2.45) is 5.90 Å². The Morgan fingerprint density at radius 3 is 2.40 bits per heavy atom. The van der Waals surface area contributed by atoms with Crippen molar-refractivity contribution in [2.45, 2.75) is 32.9 Å². The molecule has 0 saturated carbocycles. The fourth-order valence-electron chi connectivity index (χ4n) is 0.404. The lowest BCUT2D eigenvalue weighted by molar-refractivity contribution is -0.156. The SMILES string of the molecule is CCON[C@](C)(CC)ON. The maximum Gasteiger partial charge on any atom is 0.158 e. The number of hydroxylamine groups is 1. The maximum absolute atomic E-state index is 5.02. The van der Waals surface area contributed by atoms with E-state index in [1.165, 1.54) is 0 Å². The summed E-state index contributed by atoms with van der Waals surface area (Å²) < 4.78 is 0. The van der Waals surface area contributed by atoms with Gasteiger partial charge < -0.3 is 0 Å². The Hall–Kier alpha value is -0.160. The monoisotopic (exact) mass is 148 g/mol. The highest BCUT2D eigenvalue weighted by atomic mass is 16.7. The van der Waals surface area contributed by atoms with E-state index in [-0.39, 0.29) is 0 Å². The zero-order valence-electron chi connectivity index (χ0n) is 6.81. The fraction of sp³-hybridized carbons (Fsp3) is 1.00. The first-order chi connectivity index (χ1) is 4.68. The third kappa shape index (κ3) is 3.12. The van der Waals surface area contributed by atoms with Crippen LogP contribution in [0.25, 0.3) is 0 Å². The van der Waals surface area contributed by atoms with Crippen LogP contribution in [-0.4, -0.2) is 12.3 Å². The van der Waals surface area contributed by atoms with Gasteiger partial charge in [-0.1, -0.05) is 6.92 Å². The molecule has 10 heavy (non-hydrogen) atoms. The van der Waals surface area contributed by atoms with E-state index in [2.05, 4.69) is 10.3 Å². The lowest BCUT2D eigenvalue weighted by atomic mass is 10.2. The van der Waals surface area contributed by atoms with E-state index >= 15 is 0 Å². The molecule has 0 aliphatic carbocycles. The number of hydrogen-bond acceptors (Lipinski definition) is 4. The second kappa shape index (κ2) is 4.62. The first-order valence-electron chi connectivity index (χ1n) is 3.45. The van der Waals surface area contributed by atoms with Gasteiger partial charge >= 0.3 is 0 Å². The summed E-state index contributed by atoms with van der Waals surface area (Å²) in [5, 5.41) is 0. The molecule has 0 aromatic rings. The highest BCUT2D eigenvalue weighted by Gasteiger charge is 2.20. The first kappa shape index (κ1) is 9.84. The van der Waals surface area contributed by atoms with Gasteiger partial charge in [0, 0.05) is 0 Å². The lowest BCUT2D eigenvalue weighted by Gasteiger charge is -2.25. The minimum Gasteiger partial charge on any atom is -0.299 e. The maximum atomic E-state index is 5.02. The van der Waals surface area contributed by atoms with Crippen molar-refractivity contribution in [2.75, 3.05) is 6.61 Å². The molecular formula is C6H16N2O2. The van der Waals surface area contributed by atoms with Crippen LogP contribution in [0.4, 0.5) is 0 Å². The van der Waals surface area contributed by atoms with E-state index in [1.54, 1.807) is 0 Å². The molecule has 0 heterocycles. The summed E-state index contributed by atoms with van der Waals surface area (Å²) in [6.07, 6.45) is 0.753. The van der Waals surface area contributed by atoms with Crippen molar-refractivity contribution in [1.82, 2.24) is 5.48 Å². The summed E-state index contributed by atoms with van der Waals surface area (Å²) in [5.41, 5.74) is 2.14. The Bertz CT molecular complexity index is 83.8. The smallest absolute Gasteiger partial charge is 0.158 e. The molecule has 4 nitrogen and oxygen atoms in total. The Morgan fingerprint density at radius 2 is 2.10 bits per heavy atom. The fourth-order valence-corrected chi connectivity index (χ4v) is 0.404. The number of rotatable bonds is 5. The third-order valence-electron chi connectivity index (χ3n) is 1.37. The molecular weight excluding hydrogens is 132 g/mol. The minimum absolute atomic E-state index is 0.560. The van der Waals surface area contributed by atoms with Crippen molar-refractivity contribution in [3.8, 4) is 0 Å². The largest absolute Gasteiger partial charge is 0.299 e. The van der Waals surface area contributed by atoms with E-state index in [9.17, 15) is 0 Å². The van der Waals surface area contributed by atoms with E-state index in [4.69, 9.17) is 10.7 Å². The van der Waals surface area contributed by atoms with Gasteiger partial charge in [0.15, 0.2) is 5.72 Å². The molecule has 1 atom stereocenters. The number of hydrogen-bond donors (Lipinski definition) is 2.